The maximum Gasteiger partial charge on any atom is 0.189 e. The normalized spacial score (nSPS) is 11.6. The first-order valence-corrected chi connectivity index (χ1v) is 10.4. The summed E-state index contributed by atoms with van der Waals surface area (Å²) in [5.41, 5.74) is 4.41. The van der Waals surface area contributed by atoms with Gasteiger partial charge >= 0.3 is 0 Å². The Morgan fingerprint density at radius 1 is 0.774 bits per heavy atom. The van der Waals surface area contributed by atoms with Crippen molar-refractivity contribution in [2.45, 2.75) is 52.4 Å². The highest BCUT2D eigenvalue weighted by Gasteiger charge is 2.28. The second-order valence-electron chi connectivity index (χ2n) is 9.55. The van der Waals surface area contributed by atoms with Crippen LogP contribution in [0.5, 0.6) is 5.75 Å². The minimum atomic E-state index is -0.178. The highest BCUT2D eigenvalue weighted by Crippen LogP contribution is 2.43. The van der Waals surface area contributed by atoms with Crippen LogP contribution in [0.3, 0.4) is 0 Å². The summed E-state index contributed by atoms with van der Waals surface area (Å²) < 4.78 is 16.8. The van der Waals surface area contributed by atoms with Gasteiger partial charge in [0.15, 0.2) is 6.79 Å². The van der Waals surface area contributed by atoms with Crippen molar-refractivity contribution in [2.75, 3.05) is 27.1 Å². The van der Waals surface area contributed by atoms with E-state index in [2.05, 4.69) is 65.8 Å². The molecule has 31 heavy (non-hydrogen) atoms. The molecule has 0 aliphatic heterocycles. The molecule has 0 aromatic heterocycles. The molecule has 0 saturated heterocycles. The van der Waals surface area contributed by atoms with E-state index in [-0.39, 0.29) is 17.6 Å². The van der Waals surface area contributed by atoms with Gasteiger partial charge in [-0.3, -0.25) is 0 Å². The molecule has 5 nitrogen and oxygen atoms in total. The van der Waals surface area contributed by atoms with Crippen LogP contribution in [0.15, 0.2) is 30.3 Å². The van der Waals surface area contributed by atoms with E-state index in [1.807, 2.05) is 6.07 Å². The summed E-state index contributed by atoms with van der Waals surface area (Å²) in [5.74, 6) is 0.829. The Morgan fingerprint density at radius 2 is 1.35 bits per heavy atom. The van der Waals surface area contributed by atoms with Crippen LogP contribution in [0.1, 0.15) is 63.8 Å². The molecular weight excluding hydrogens is 388 g/mol. The second-order valence-corrected chi connectivity index (χ2v) is 9.55. The van der Waals surface area contributed by atoms with Crippen LogP contribution in [0, 0.1) is 22.7 Å². The standard InChI is InChI=1S/C26H32N2O3/c1-25(2,3)22-13-20(18-8-9-19(15-27)21(12-18)16-28)14-23(26(4,5)6)24(22)31-17-30-11-10-29-7/h8-9,12-14H,10-11,17H2,1-7H3. The summed E-state index contributed by atoms with van der Waals surface area (Å²) in [5, 5.41) is 18.7. The molecule has 5 heteroatoms. The summed E-state index contributed by atoms with van der Waals surface area (Å²) in [7, 11) is 1.64. The van der Waals surface area contributed by atoms with E-state index >= 15 is 0 Å². The summed E-state index contributed by atoms with van der Waals surface area (Å²) >= 11 is 0. The molecule has 0 saturated carbocycles. The SMILES string of the molecule is COCCOCOc1c(C(C)(C)C)cc(-c2ccc(C#N)c(C#N)c2)cc1C(C)(C)C. The van der Waals surface area contributed by atoms with E-state index in [1.54, 1.807) is 19.2 Å². The lowest BCUT2D eigenvalue weighted by atomic mass is 9.77. The predicted octanol–water partition coefficient (Wildman–Crippen LogP) is 5.69. The van der Waals surface area contributed by atoms with Gasteiger partial charge in [0.1, 0.15) is 17.9 Å². The molecule has 0 spiro atoms. The van der Waals surface area contributed by atoms with Crippen LogP contribution in [0.4, 0.5) is 0 Å². The molecule has 0 N–H and O–H groups in total. The van der Waals surface area contributed by atoms with E-state index in [9.17, 15) is 10.5 Å². The average Bonchev–Trinajstić information content (AvgIpc) is 2.71. The molecule has 0 heterocycles. The minimum Gasteiger partial charge on any atom is -0.467 e. The number of benzene rings is 2. The number of rotatable bonds is 7. The zero-order valence-electron chi connectivity index (χ0n) is 19.6. The zero-order valence-corrected chi connectivity index (χ0v) is 19.6. The number of hydrogen-bond acceptors (Lipinski definition) is 5. The molecule has 164 valence electrons. The van der Waals surface area contributed by atoms with Crippen molar-refractivity contribution in [1.82, 2.24) is 0 Å². The van der Waals surface area contributed by atoms with E-state index in [0.717, 1.165) is 28.0 Å². The summed E-state index contributed by atoms with van der Waals surface area (Å²) in [6.07, 6.45) is 0. The van der Waals surface area contributed by atoms with Crippen LogP contribution < -0.4 is 4.74 Å². The third kappa shape index (κ3) is 6.07. The number of nitriles is 2. The van der Waals surface area contributed by atoms with Gasteiger partial charge in [-0.15, -0.1) is 0 Å². The molecule has 2 aromatic rings. The number of ether oxygens (including phenoxy) is 3. The van der Waals surface area contributed by atoms with Crippen molar-refractivity contribution in [3.8, 4) is 29.0 Å². The van der Waals surface area contributed by atoms with Crippen LogP contribution in [-0.2, 0) is 20.3 Å². The van der Waals surface area contributed by atoms with E-state index in [1.165, 1.54) is 0 Å². The summed E-state index contributed by atoms with van der Waals surface area (Å²) in [6, 6.07) is 13.8. The quantitative estimate of drug-likeness (QED) is 0.425. The van der Waals surface area contributed by atoms with Crippen LogP contribution in [0.2, 0.25) is 0 Å². The number of methoxy groups -OCH3 is 1. The molecular formula is C26H32N2O3. The second kappa shape index (κ2) is 9.96. The number of hydrogen-bond donors (Lipinski definition) is 0. The van der Waals surface area contributed by atoms with Crippen molar-refractivity contribution in [3.05, 3.63) is 52.6 Å². The maximum absolute atomic E-state index is 9.45. The lowest BCUT2D eigenvalue weighted by molar-refractivity contribution is -0.00991. The molecule has 2 aromatic carbocycles. The fourth-order valence-electron chi connectivity index (χ4n) is 3.28. The van der Waals surface area contributed by atoms with E-state index in [0.29, 0.717) is 24.3 Å². The molecule has 0 unspecified atom stereocenters. The first kappa shape index (κ1) is 24.4. The number of nitrogens with zero attached hydrogens (tertiary/aromatic N) is 2. The van der Waals surface area contributed by atoms with Crippen LogP contribution in [-0.4, -0.2) is 27.1 Å². The van der Waals surface area contributed by atoms with Gasteiger partial charge < -0.3 is 14.2 Å². The fraction of sp³-hybridized carbons (Fsp3) is 0.462. The Morgan fingerprint density at radius 3 is 1.84 bits per heavy atom. The van der Waals surface area contributed by atoms with Crippen molar-refractivity contribution < 1.29 is 14.2 Å². The monoisotopic (exact) mass is 420 g/mol. The first-order chi connectivity index (χ1) is 14.5. The van der Waals surface area contributed by atoms with Gasteiger partial charge in [-0.05, 0) is 46.2 Å². The molecule has 0 aliphatic carbocycles. The predicted molar refractivity (Wildman–Crippen MR) is 122 cm³/mol. The highest BCUT2D eigenvalue weighted by atomic mass is 16.7. The lowest BCUT2D eigenvalue weighted by Gasteiger charge is -2.30. The van der Waals surface area contributed by atoms with Gasteiger partial charge in [-0.25, -0.2) is 0 Å². The third-order valence-corrected chi connectivity index (χ3v) is 5.02. The zero-order chi connectivity index (χ0) is 23.2. The highest BCUT2D eigenvalue weighted by molar-refractivity contribution is 5.71. The van der Waals surface area contributed by atoms with Crippen molar-refractivity contribution in [3.63, 3.8) is 0 Å². The minimum absolute atomic E-state index is 0.143. The average molecular weight is 421 g/mol. The maximum atomic E-state index is 9.45. The Bertz CT molecular complexity index is 964. The molecule has 0 radical (unpaired) electrons. The molecule has 0 aliphatic rings. The van der Waals surface area contributed by atoms with Crippen LogP contribution >= 0.6 is 0 Å². The van der Waals surface area contributed by atoms with Crippen molar-refractivity contribution >= 4 is 0 Å². The molecule has 2 rings (SSSR count). The topological polar surface area (TPSA) is 75.3 Å². The largest absolute Gasteiger partial charge is 0.467 e. The van der Waals surface area contributed by atoms with Crippen LogP contribution in [0.25, 0.3) is 11.1 Å². The van der Waals surface area contributed by atoms with Gasteiger partial charge in [-0.1, -0.05) is 47.6 Å². The Hall–Kier alpha value is -2.86. The molecule has 0 atom stereocenters. The van der Waals surface area contributed by atoms with E-state index in [4.69, 9.17) is 14.2 Å². The fourth-order valence-corrected chi connectivity index (χ4v) is 3.28. The molecule has 0 amide bonds. The smallest absolute Gasteiger partial charge is 0.189 e. The summed E-state index contributed by atoms with van der Waals surface area (Å²) in [4.78, 5) is 0. The van der Waals surface area contributed by atoms with Gasteiger partial charge in [0.25, 0.3) is 0 Å². The van der Waals surface area contributed by atoms with Gasteiger partial charge in [0, 0.05) is 18.2 Å². The molecule has 0 fully saturated rings. The Kier molecular flexibility index (Phi) is 7.85. The third-order valence-electron chi connectivity index (χ3n) is 5.02. The Balaban J connectivity index is 2.63. The van der Waals surface area contributed by atoms with Crippen molar-refractivity contribution in [2.24, 2.45) is 0 Å². The van der Waals surface area contributed by atoms with Gasteiger partial charge in [-0.2, -0.15) is 10.5 Å². The van der Waals surface area contributed by atoms with Crippen molar-refractivity contribution in [1.29, 1.82) is 10.5 Å². The summed E-state index contributed by atoms with van der Waals surface area (Å²) in [6.45, 7) is 14.0. The first-order valence-electron chi connectivity index (χ1n) is 10.4. The Labute approximate surface area is 186 Å². The molecule has 0 bridgehead atoms. The van der Waals surface area contributed by atoms with E-state index < -0.39 is 0 Å². The lowest BCUT2D eigenvalue weighted by Crippen LogP contribution is -2.21. The van der Waals surface area contributed by atoms with Gasteiger partial charge in [0.2, 0.25) is 0 Å². The van der Waals surface area contributed by atoms with Gasteiger partial charge in [0.05, 0.1) is 24.3 Å².